The zero-order valence-electron chi connectivity index (χ0n) is 9.49. The molecule has 0 spiro atoms. The highest BCUT2D eigenvalue weighted by atomic mass is 16.5. The van der Waals surface area contributed by atoms with Crippen LogP contribution in [0.4, 0.5) is 0 Å². The van der Waals surface area contributed by atoms with Crippen LogP contribution >= 0.6 is 0 Å². The van der Waals surface area contributed by atoms with Gasteiger partial charge in [0, 0.05) is 20.3 Å². The van der Waals surface area contributed by atoms with E-state index in [1.165, 1.54) is 0 Å². The summed E-state index contributed by atoms with van der Waals surface area (Å²) in [6, 6.07) is -0.604. The first-order chi connectivity index (χ1) is 7.22. The molecule has 1 unspecified atom stereocenters. The molecule has 1 atom stereocenters. The van der Waals surface area contributed by atoms with Gasteiger partial charge in [0.1, 0.15) is 6.04 Å². The molecule has 2 N–H and O–H groups in total. The number of ether oxygens (including phenoxy) is 2. The number of rotatable bonds is 10. The quantitative estimate of drug-likeness (QED) is 0.523. The lowest BCUT2D eigenvalue weighted by molar-refractivity contribution is -0.141. The first kappa shape index (κ1) is 14.3. The van der Waals surface area contributed by atoms with Gasteiger partial charge in [0.25, 0.3) is 0 Å². The lowest BCUT2D eigenvalue weighted by Gasteiger charge is -2.13. The van der Waals surface area contributed by atoms with Crippen molar-refractivity contribution in [1.29, 1.82) is 0 Å². The minimum absolute atomic E-state index is 0.207. The predicted octanol–water partition coefficient (Wildman–Crippen LogP) is 0.492. The fourth-order valence-electron chi connectivity index (χ4n) is 1.04. The van der Waals surface area contributed by atoms with Crippen molar-refractivity contribution >= 4 is 5.97 Å². The van der Waals surface area contributed by atoms with Crippen LogP contribution in [0, 0.1) is 0 Å². The number of nitrogens with one attached hydrogen (secondary N) is 1. The Morgan fingerprint density at radius 2 is 2.20 bits per heavy atom. The van der Waals surface area contributed by atoms with Crippen LogP contribution < -0.4 is 5.32 Å². The first-order valence-corrected chi connectivity index (χ1v) is 5.25. The number of hydrogen-bond acceptors (Lipinski definition) is 4. The Bertz CT molecular complexity index is 164. The van der Waals surface area contributed by atoms with Crippen LogP contribution in [-0.2, 0) is 14.3 Å². The molecule has 0 aromatic heterocycles. The van der Waals surface area contributed by atoms with Gasteiger partial charge in [-0.15, -0.1) is 0 Å². The smallest absolute Gasteiger partial charge is 0.323 e. The molecule has 0 amide bonds. The maximum absolute atomic E-state index is 10.8. The van der Waals surface area contributed by atoms with Gasteiger partial charge in [-0.05, 0) is 19.4 Å². The van der Waals surface area contributed by atoms with Crippen molar-refractivity contribution in [2.24, 2.45) is 0 Å². The topological polar surface area (TPSA) is 67.8 Å². The van der Waals surface area contributed by atoms with E-state index in [9.17, 15) is 4.79 Å². The van der Waals surface area contributed by atoms with Gasteiger partial charge in [-0.3, -0.25) is 4.79 Å². The van der Waals surface area contributed by atoms with Gasteiger partial charge in [-0.25, -0.2) is 0 Å². The van der Waals surface area contributed by atoms with E-state index in [4.69, 9.17) is 14.6 Å². The van der Waals surface area contributed by atoms with Gasteiger partial charge >= 0.3 is 5.97 Å². The number of hydrogen-bond donors (Lipinski definition) is 2. The third-order valence-corrected chi connectivity index (χ3v) is 1.86. The highest BCUT2D eigenvalue weighted by Crippen LogP contribution is 1.90. The second-order valence-electron chi connectivity index (χ2n) is 3.27. The molecule has 0 radical (unpaired) electrons. The fourth-order valence-corrected chi connectivity index (χ4v) is 1.04. The van der Waals surface area contributed by atoms with Gasteiger partial charge in [-0.1, -0.05) is 6.92 Å². The number of carbonyl (C=O) groups is 1. The average molecular weight is 219 g/mol. The van der Waals surface area contributed by atoms with E-state index in [1.807, 2.05) is 6.92 Å². The number of aliphatic carboxylic acids is 1. The Kier molecular flexibility index (Phi) is 9.46. The molecule has 0 aliphatic carbocycles. The minimum Gasteiger partial charge on any atom is -0.480 e. The van der Waals surface area contributed by atoms with Crippen molar-refractivity contribution in [3.8, 4) is 0 Å². The molecule has 0 aliphatic heterocycles. The molecule has 15 heavy (non-hydrogen) atoms. The summed E-state index contributed by atoms with van der Waals surface area (Å²) in [6.07, 6.45) is 1.70. The Labute approximate surface area is 90.8 Å². The summed E-state index contributed by atoms with van der Waals surface area (Å²) in [4.78, 5) is 10.8. The highest BCUT2D eigenvalue weighted by Gasteiger charge is 2.15. The van der Waals surface area contributed by atoms with Crippen LogP contribution in [0.1, 0.15) is 19.8 Å². The lowest BCUT2D eigenvalue weighted by atomic mass is 10.3. The zero-order chi connectivity index (χ0) is 11.5. The average Bonchev–Trinajstić information content (AvgIpc) is 2.21. The second kappa shape index (κ2) is 9.89. The van der Waals surface area contributed by atoms with Crippen molar-refractivity contribution in [1.82, 2.24) is 5.32 Å². The number of methoxy groups -OCH3 is 1. The molecule has 90 valence electrons. The number of carboxylic acids is 1. The molecule has 0 heterocycles. The van der Waals surface area contributed by atoms with Gasteiger partial charge < -0.3 is 19.9 Å². The monoisotopic (exact) mass is 219 g/mol. The molecule has 0 saturated heterocycles. The van der Waals surface area contributed by atoms with Crippen LogP contribution in [0.25, 0.3) is 0 Å². The largest absolute Gasteiger partial charge is 0.480 e. The zero-order valence-corrected chi connectivity index (χ0v) is 9.49. The molecule has 5 nitrogen and oxygen atoms in total. The molecule has 0 aromatic rings. The molecule has 0 aromatic carbocycles. The summed E-state index contributed by atoms with van der Waals surface area (Å²) >= 11 is 0. The van der Waals surface area contributed by atoms with Crippen LogP contribution in [-0.4, -0.2) is 50.6 Å². The predicted molar refractivity (Wildman–Crippen MR) is 57.0 cm³/mol. The van der Waals surface area contributed by atoms with Gasteiger partial charge in [-0.2, -0.15) is 0 Å². The molecular weight excluding hydrogens is 198 g/mol. The van der Waals surface area contributed by atoms with E-state index in [2.05, 4.69) is 5.32 Å². The molecule has 0 bridgehead atoms. The van der Waals surface area contributed by atoms with Crippen molar-refractivity contribution in [3.63, 3.8) is 0 Å². The summed E-state index contributed by atoms with van der Waals surface area (Å²) in [5, 5.41) is 11.7. The third-order valence-electron chi connectivity index (χ3n) is 1.86. The van der Waals surface area contributed by atoms with Crippen molar-refractivity contribution < 1.29 is 19.4 Å². The van der Waals surface area contributed by atoms with E-state index in [0.717, 1.165) is 12.8 Å². The van der Waals surface area contributed by atoms with Gasteiger partial charge in [0.05, 0.1) is 6.61 Å². The normalized spacial score (nSPS) is 12.7. The lowest BCUT2D eigenvalue weighted by Crippen LogP contribution is -2.41. The molecule has 0 fully saturated rings. The Morgan fingerprint density at radius 1 is 1.47 bits per heavy atom. The fraction of sp³-hybridized carbons (Fsp3) is 0.900. The summed E-state index contributed by atoms with van der Waals surface area (Å²) in [5.74, 6) is -0.866. The maximum Gasteiger partial charge on any atom is 0.323 e. The standard InChI is InChI=1S/C10H21NO4/c1-3-5-11-9(10(12)13)8-15-7-4-6-14-2/h9,11H,3-8H2,1-2H3,(H,12,13). The van der Waals surface area contributed by atoms with Crippen LogP contribution in [0.15, 0.2) is 0 Å². The maximum atomic E-state index is 10.8. The minimum atomic E-state index is -0.866. The van der Waals surface area contributed by atoms with Crippen molar-refractivity contribution in [3.05, 3.63) is 0 Å². The second-order valence-corrected chi connectivity index (χ2v) is 3.27. The van der Waals surface area contributed by atoms with E-state index in [-0.39, 0.29) is 6.61 Å². The summed E-state index contributed by atoms with van der Waals surface area (Å²) < 4.78 is 10.1. The summed E-state index contributed by atoms with van der Waals surface area (Å²) in [7, 11) is 1.63. The SMILES string of the molecule is CCCNC(COCCCOC)C(=O)O. The third kappa shape index (κ3) is 8.35. The molecular formula is C10H21NO4. The van der Waals surface area contributed by atoms with Crippen molar-refractivity contribution in [2.75, 3.05) is 33.5 Å². The number of carboxylic acid groups (broad SMARTS) is 1. The molecule has 0 saturated carbocycles. The van der Waals surface area contributed by atoms with Crippen molar-refractivity contribution in [2.45, 2.75) is 25.8 Å². The van der Waals surface area contributed by atoms with E-state index < -0.39 is 12.0 Å². The first-order valence-electron chi connectivity index (χ1n) is 5.25. The van der Waals surface area contributed by atoms with Crippen LogP contribution in [0.5, 0.6) is 0 Å². The van der Waals surface area contributed by atoms with Gasteiger partial charge in [0.15, 0.2) is 0 Å². The van der Waals surface area contributed by atoms with E-state index >= 15 is 0 Å². The van der Waals surface area contributed by atoms with Crippen LogP contribution in [0.3, 0.4) is 0 Å². The molecule has 0 rings (SSSR count). The Balaban J connectivity index is 3.53. The van der Waals surface area contributed by atoms with Crippen LogP contribution in [0.2, 0.25) is 0 Å². The van der Waals surface area contributed by atoms with Gasteiger partial charge in [0.2, 0.25) is 0 Å². The summed E-state index contributed by atoms with van der Waals surface area (Å²) in [6.45, 7) is 4.06. The Hall–Kier alpha value is -0.650. The highest BCUT2D eigenvalue weighted by molar-refractivity contribution is 5.73. The molecule has 0 aliphatic rings. The summed E-state index contributed by atoms with van der Waals surface area (Å²) in [5.41, 5.74) is 0. The van der Waals surface area contributed by atoms with E-state index in [1.54, 1.807) is 7.11 Å². The Morgan fingerprint density at radius 3 is 2.73 bits per heavy atom. The molecule has 5 heteroatoms. The van der Waals surface area contributed by atoms with E-state index in [0.29, 0.717) is 19.8 Å².